The van der Waals surface area contributed by atoms with Gasteiger partial charge in [0.1, 0.15) is 11.5 Å². The summed E-state index contributed by atoms with van der Waals surface area (Å²) in [5.74, 6) is -2.57. The fourth-order valence-corrected chi connectivity index (χ4v) is 1.92. The first kappa shape index (κ1) is 13.1. The van der Waals surface area contributed by atoms with Crippen LogP contribution in [0.3, 0.4) is 0 Å². The second kappa shape index (κ2) is 5.14. The first-order valence-electron chi connectivity index (χ1n) is 5.93. The molecule has 0 saturated carbocycles. The Balaban J connectivity index is 2.17. The maximum atomic E-state index is 11.9. The number of hydrogen-bond donors (Lipinski definition) is 1. The number of fused-ring (bicyclic) bond motifs is 1. The maximum Gasteiger partial charge on any atom is 0.315 e. The number of para-hydroxylation sites is 1. The molecule has 1 unspecified atom stereocenters. The molecule has 1 amide bonds. The maximum absolute atomic E-state index is 11.9. The Hall–Kier alpha value is -2.30. The molecule has 5 nitrogen and oxygen atoms in total. The van der Waals surface area contributed by atoms with Gasteiger partial charge >= 0.3 is 5.97 Å². The van der Waals surface area contributed by atoms with E-state index in [1.165, 1.54) is 11.8 Å². The highest BCUT2D eigenvalue weighted by Crippen LogP contribution is 2.22. The van der Waals surface area contributed by atoms with Crippen LogP contribution >= 0.6 is 0 Å². The van der Waals surface area contributed by atoms with E-state index in [1.54, 1.807) is 13.3 Å². The van der Waals surface area contributed by atoms with Gasteiger partial charge in [-0.25, -0.2) is 0 Å². The summed E-state index contributed by atoms with van der Waals surface area (Å²) < 4.78 is 5.38. The zero-order chi connectivity index (χ0) is 14.0. The van der Waals surface area contributed by atoms with Gasteiger partial charge in [-0.05, 0) is 13.0 Å². The standard InChI is InChI=1S/C14H15NO4/c1-9(14(17)18)13(16)15(2)7-10-8-19-12-6-4-3-5-11(10)12/h3-6,8-9H,7H2,1-2H3,(H,17,18). The number of hydrogen-bond acceptors (Lipinski definition) is 3. The molecular weight excluding hydrogens is 246 g/mol. The highest BCUT2D eigenvalue weighted by atomic mass is 16.4. The van der Waals surface area contributed by atoms with Gasteiger partial charge in [-0.2, -0.15) is 0 Å². The number of amides is 1. The molecule has 0 spiro atoms. The first-order valence-corrected chi connectivity index (χ1v) is 5.93. The summed E-state index contributed by atoms with van der Waals surface area (Å²) in [6.45, 7) is 1.71. The van der Waals surface area contributed by atoms with Gasteiger partial charge in [-0.3, -0.25) is 9.59 Å². The number of carbonyl (C=O) groups is 2. The largest absolute Gasteiger partial charge is 0.481 e. The van der Waals surface area contributed by atoms with Crippen molar-refractivity contribution < 1.29 is 19.1 Å². The van der Waals surface area contributed by atoms with E-state index in [0.29, 0.717) is 6.54 Å². The zero-order valence-corrected chi connectivity index (χ0v) is 10.8. The minimum absolute atomic E-state index is 0.327. The van der Waals surface area contributed by atoms with Crippen molar-refractivity contribution in [3.05, 3.63) is 36.1 Å². The van der Waals surface area contributed by atoms with Gasteiger partial charge in [0, 0.05) is 24.5 Å². The van der Waals surface area contributed by atoms with E-state index >= 15 is 0 Å². The second-order valence-corrected chi connectivity index (χ2v) is 4.51. The van der Waals surface area contributed by atoms with Gasteiger partial charge in [0.25, 0.3) is 0 Å². The molecule has 0 aliphatic heterocycles. The molecule has 2 rings (SSSR count). The van der Waals surface area contributed by atoms with Gasteiger partial charge in [0.15, 0.2) is 0 Å². The zero-order valence-electron chi connectivity index (χ0n) is 10.8. The van der Waals surface area contributed by atoms with Crippen LogP contribution in [0.2, 0.25) is 0 Å². The number of nitrogens with zero attached hydrogens (tertiary/aromatic N) is 1. The molecule has 0 saturated heterocycles. The quantitative estimate of drug-likeness (QED) is 0.856. The van der Waals surface area contributed by atoms with Crippen LogP contribution in [0.1, 0.15) is 12.5 Å². The van der Waals surface area contributed by atoms with Gasteiger partial charge in [0.05, 0.1) is 6.26 Å². The van der Waals surface area contributed by atoms with Crippen molar-refractivity contribution >= 4 is 22.8 Å². The van der Waals surface area contributed by atoms with Crippen LogP contribution < -0.4 is 0 Å². The highest BCUT2D eigenvalue weighted by molar-refractivity contribution is 5.96. The lowest BCUT2D eigenvalue weighted by atomic mass is 10.1. The number of carboxylic acids is 1. The molecule has 100 valence electrons. The summed E-state index contributed by atoms with van der Waals surface area (Å²) in [6.07, 6.45) is 1.60. The van der Waals surface area contributed by atoms with Gasteiger partial charge < -0.3 is 14.4 Å². The fourth-order valence-electron chi connectivity index (χ4n) is 1.92. The van der Waals surface area contributed by atoms with Crippen molar-refractivity contribution in [3.63, 3.8) is 0 Å². The molecule has 1 N–H and O–H groups in total. The van der Waals surface area contributed by atoms with E-state index in [-0.39, 0.29) is 0 Å². The predicted molar refractivity (Wildman–Crippen MR) is 69.5 cm³/mol. The van der Waals surface area contributed by atoms with Gasteiger partial charge in [-0.15, -0.1) is 0 Å². The Morgan fingerprint density at radius 2 is 2.05 bits per heavy atom. The van der Waals surface area contributed by atoms with Crippen LogP contribution in [-0.4, -0.2) is 28.9 Å². The molecule has 0 bridgehead atoms. The highest BCUT2D eigenvalue weighted by Gasteiger charge is 2.24. The van der Waals surface area contributed by atoms with Crippen LogP contribution in [0.5, 0.6) is 0 Å². The SMILES string of the molecule is CC(C(=O)O)C(=O)N(C)Cc1coc2ccccc12. The minimum atomic E-state index is -1.12. The molecule has 1 aromatic heterocycles. The van der Waals surface area contributed by atoms with E-state index in [2.05, 4.69) is 0 Å². The molecule has 5 heteroatoms. The van der Waals surface area contributed by atoms with E-state index in [9.17, 15) is 9.59 Å². The van der Waals surface area contributed by atoms with Crippen LogP contribution in [0.4, 0.5) is 0 Å². The van der Waals surface area contributed by atoms with Crippen molar-refractivity contribution in [2.45, 2.75) is 13.5 Å². The predicted octanol–water partition coefficient (Wildman–Crippen LogP) is 2.11. The van der Waals surface area contributed by atoms with Gasteiger partial charge in [-0.1, -0.05) is 18.2 Å². The summed E-state index contributed by atoms with van der Waals surface area (Å²) in [5.41, 5.74) is 1.62. The molecule has 0 radical (unpaired) electrons. The lowest BCUT2D eigenvalue weighted by Crippen LogP contribution is -2.34. The Kier molecular flexibility index (Phi) is 3.55. The Morgan fingerprint density at radius 3 is 2.74 bits per heavy atom. The molecule has 1 atom stereocenters. The fraction of sp³-hybridized carbons (Fsp3) is 0.286. The van der Waals surface area contributed by atoms with Crippen molar-refractivity contribution in [2.75, 3.05) is 7.05 Å². The summed E-state index contributed by atoms with van der Waals surface area (Å²) in [7, 11) is 1.59. The third kappa shape index (κ3) is 2.59. The molecule has 1 aromatic carbocycles. The molecule has 2 aromatic rings. The van der Waals surface area contributed by atoms with E-state index in [1.807, 2.05) is 24.3 Å². The van der Waals surface area contributed by atoms with Gasteiger partial charge in [0.2, 0.25) is 5.91 Å². The topological polar surface area (TPSA) is 70.8 Å². The summed E-state index contributed by atoms with van der Waals surface area (Å²) in [5, 5.41) is 9.77. The van der Waals surface area contributed by atoms with Crippen LogP contribution in [0, 0.1) is 5.92 Å². The number of carbonyl (C=O) groups excluding carboxylic acids is 1. The molecule has 19 heavy (non-hydrogen) atoms. The number of furan rings is 1. The third-order valence-corrected chi connectivity index (χ3v) is 3.09. The lowest BCUT2D eigenvalue weighted by molar-refractivity contribution is -0.149. The number of aliphatic carboxylic acids is 1. The van der Waals surface area contributed by atoms with Crippen molar-refractivity contribution in [1.82, 2.24) is 4.90 Å². The normalized spacial score (nSPS) is 12.3. The van der Waals surface area contributed by atoms with E-state index < -0.39 is 17.8 Å². The average molecular weight is 261 g/mol. The molecule has 1 heterocycles. The number of rotatable bonds is 4. The summed E-state index contributed by atoms with van der Waals surface area (Å²) in [6, 6.07) is 7.52. The van der Waals surface area contributed by atoms with E-state index in [4.69, 9.17) is 9.52 Å². The molecular formula is C14H15NO4. The third-order valence-electron chi connectivity index (χ3n) is 3.09. The molecule has 0 aliphatic carbocycles. The van der Waals surface area contributed by atoms with Crippen molar-refractivity contribution in [1.29, 1.82) is 0 Å². The van der Waals surface area contributed by atoms with Crippen LogP contribution in [0.15, 0.2) is 34.9 Å². The molecule has 0 aliphatic rings. The Morgan fingerprint density at radius 1 is 1.37 bits per heavy atom. The summed E-state index contributed by atoms with van der Waals surface area (Å²) in [4.78, 5) is 24.1. The monoisotopic (exact) mass is 261 g/mol. The summed E-state index contributed by atoms with van der Waals surface area (Å²) >= 11 is 0. The van der Waals surface area contributed by atoms with Crippen LogP contribution in [-0.2, 0) is 16.1 Å². The molecule has 0 fully saturated rings. The Labute approximate surface area is 110 Å². The number of carboxylic acid groups (broad SMARTS) is 1. The van der Waals surface area contributed by atoms with Crippen molar-refractivity contribution in [2.24, 2.45) is 5.92 Å². The Bertz CT molecular complexity index is 617. The first-order chi connectivity index (χ1) is 9.00. The van der Waals surface area contributed by atoms with E-state index in [0.717, 1.165) is 16.5 Å². The number of benzene rings is 1. The van der Waals surface area contributed by atoms with Crippen molar-refractivity contribution in [3.8, 4) is 0 Å². The second-order valence-electron chi connectivity index (χ2n) is 4.51. The smallest absolute Gasteiger partial charge is 0.315 e. The van der Waals surface area contributed by atoms with Crippen LogP contribution in [0.25, 0.3) is 11.0 Å². The lowest BCUT2D eigenvalue weighted by Gasteiger charge is -2.18. The minimum Gasteiger partial charge on any atom is -0.481 e. The average Bonchev–Trinajstić information content (AvgIpc) is 2.80.